The maximum Gasteiger partial charge on any atom is 0.255 e. The molecule has 3 rings (SSSR count). The lowest BCUT2D eigenvalue weighted by molar-refractivity contribution is 0.102. The molecule has 150 valence electrons. The van der Waals surface area contributed by atoms with Crippen molar-refractivity contribution >= 4 is 21.6 Å². The number of hydrogen-bond acceptors (Lipinski definition) is 4. The largest absolute Gasteiger partial charge is 0.322 e. The maximum atomic E-state index is 13.0. The van der Waals surface area contributed by atoms with Crippen molar-refractivity contribution in [2.45, 2.75) is 25.7 Å². The van der Waals surface area contributed by atoms with Crippen molar-refractivity contribution < 1.29 is 13.2 Å². The second-order valence-electron chi connectivity index (χ2n) is 7.46. The van der Waals surface area contributed by atoms with E-state index in [-0.39, 0.29) is 10.8 Å². The number of nitrogens with one attached hydrogen (secondary N) is 1. The fourth-order valence-electron chi connectivity index (χ4n) is 3.33. The molecule has 7 heteroatoms. The molecule has 1 amide bonds. The molecular weight excluding hydrogens is 374 g/mol. The number of anilines is 1. The standard InChI is InChI=1S/C21H27N3O3S/c1-15-5-8-20(17(3)13-15)22-21(25)19-14-18(7-6-16(19)2)28(26,27)24-11-9-23(4)10-12-24/h5-8,13-14H,9-12H2,1-4H3,(H,22,25). The number of carbonyl (C=O) groups is 1. The molecule has 0 unspecified atom stereocenters. The van der Waals surface area contributed by atoms with E-state index in [0.29, 0.717) is 31.7 Å². The molecule has 2 aromatic carbocycles. The Bertz CT molecular complexity index is 994. The number of nitrogens with zero attached hydrogens (tertiary/aromatic N) is 2. The molecule has 0 atom stereocenters. The van der Waals surface area contributed by atoms with E-state index in [1.54, 1.807) is 12.1 Å². The van der Waals surface area contributed by atoms with Gasteiger partial charge in [0.05, 0.1) is 4.90 Å². The van der Waals surface area contributed by atoms with E-state index in [0.717, 1.165) is 22.4 Å². The summed E-state index contributed by atoms with van der Waals surface area (Å²) >= 11 is 0. The average molecular weight is 402 g/mol. The highest BCUT2D eigenvalue weighted by atomic mass is 32.2. The third kappa shape index (κ3) is 4.27. The predicted molar refractivity (Wildman–Crippen MR) is 111 cm³/mol. The first-order chi connectivity index (χ1) is 13.2. The summed E-state index contributed by atoms with van der Waals surface area (Å²) in [6.07, 6.45) is 0. The fraction of sp³-hybridized carbons (Fsp3) is 0.381. The molecule has 0 aliphatic carbocycles. The molecule has 1 heterocycles. The SMILES string of the molecule is Cc1ccc(NC(=O)c2cc(S(=O)(=O)N3CCN(C)CC3)ccc2C)c(C)c1. The Morgan fingerprint density at radius 2 is 1.61 bits per heavy atom. The second-order valence-corrected chi connectivity index (χ2v) is 9.39. The minimum absolute atomic E-state index is 0.161. The summed E-state index contributed by atoms with van der Waals surface area (Å²) in [5.41, 5.74) is 3.91. The first kappa shape index (κ1) is 20.5. The van der Waals surface area contributed by atoms with E-state index >= 15 is 0 Å². The summed E-state index contributed by atoms with van der Waals surface area (Å²) in [4.78, 5) is 15.1. The molecule has 0 saturated carbocycles. The van der Waals surface area contributed by atoms with Gasteiger partial charge in [-0.2, -0.15) is 4.31 Å². The number of sulfonamides is 1. The zero-order chi connectivity index (χ0) is 20.5. The van der Waals surface area contributed by atoms with Gasteiger partial charge in [0.1, 0.15) is 0 Å². The molecule has 28 heavy (non-hydrogen) atoms. The Hall–Kier alpha value is -2.22. The van der Waals surface area contributed by atoms with E-state index in [4.69, 9.17) is 0 Å². The predicted octanol–water partition coefficient (Wildman–Crippen LogP) is 2.80. The van der Waals surface area contributed by atoms with E-state index < -0.39 is 10.0 Å². The van der Waals surface area contributed by atoms with Crippen LogP contribution in [0.15, 0.2) is 41.3 Å². The van der Waals surface area contributed by atoms with Crippen LogP contribution in [-0.4, -0.2) is 56.8 Å². The van der Waals surface area contributed by atoms with Crippen LogP contribution >= 0.6 is 0 Å². The quantitative estimate of drug-likeness (QED) is 0.855. The molecule has 1 saturated heterocycles. The van der Waals surface area contributed by atoms with Crippen LogP contribution in [-0.2, 0) is 10.0 Å². The molecule has 1 aliphatic heterocycles. The van der Waals surface area contributed by atoms with Gasteiger partial charge in [-0.25, -0.2) is 8.42 Å². The Morgan fingerprint density at radius 1 is 0.929 bits per heavy atom. The van der Waals surface area contributed by atoms with Gasteiger partial charge in [0.2, 0.25) is 10.0 Å². The average Bonchev–Trinajstić information content (AvgIpc) is 2.64. The van der Waals surface area contributed by atoms with E-state index in [1.807, 2.05) is 46.0 Å². The highest BCUT2D eigenvalue weighted by molar-refractivity contribution is 7.89. The van der Waals surface area contributed by atoms with Gasteiger partial charge in [0.25, 0.3) is 5.91 Å². The molecular formula is C21H27N3O3S. The van der Waals surface area contributed by atoms with Gasteiger partial charge in [-0.3, -0.25) is 4.79 Å². The van der Waals surface area contributed by atoms with Crippen LogP contribution in [0.25, 0.3) is 0 Å². The zero-order valence-corrected chi connectivity index (χ0v) is 17.6. The monoisotopic (exact) mass is 401 g/mol. The van der Waals surface area contributed by atoms with Crippen molar-refractivity contribution in [3.05, 3.63) is 58.7 Å². The van der Waals surface area contributed by atoms with Crippen LogP contribution in [0, 0.1) is 20.8 Å². The van der Waals surface area contributed by atoms with Crippen LogP contribution in [0.4, 0.5) is 5.69 Å². The van der Waals surface area contributed by atoms with E-state index in [2.05, 4.69) is 10.2 Å². The number of benzene rings is 2. The number of amides is 1. The Kier molecular flexibility index (Phi) is 5.88. The van der Waals surface area contributed by atoms with Crippen molar-refractivity contribution in [3.63, 3.8) is 0 Å². The van der Waals surface area contributed by atoms with Crippen molar-refractivity contribution in [2.24, 2.45) is 0 Å². The lowest BCUT2D eigenvalue weighted by Gasteiger charge is -2.31. The molecule has 0 radical (unpaired) electrons. The summed E-state index contributed by atoms with van der Waals surface area (Å²) in [7, 11) is -1.64. The lowest BCUT2D eigenvalue weighted by atomic mass is 10.1. The minimum Gasteiger partial charge on any atom is -0.322 e. The summed E-state index contributed by atoms with van der Waals surface area (Å²) in [6, 6.07) is 10.6. The Balaban J connectivity index is 1.87. The third-order valence-electron chi connectivity index (χ3n) is 5.18. The molecule has 0 aromatic heterocycles. The molecule has 1 N–H and O–H groups in total. The van der Waals surface area contributed by atoms with Crippen LogP contribution in [0.5, 0.6) is 0 Å². The van der Waals surface area contributed by atoms with Crippen LogP contribution < -0.4 is 5.32 Å². The number of piperazine rings is 1. The van der Waals surface area contributed by atoms with Gasteiger partial charge in [0.15, 0.2) is 0 Å². The summed E-state index contributed by atoms with van der Waals surface area (Å²) in [5, 5.41) is 2.90. The van der Waals surface area contributed by atoms with Crippen molar-refractivity contribution in [2.75, 3.05) is 38.5 Å². The first-order valence-electron chi connectivity index (χ1n) is 9.36. The zero-order valence-electron chi connectivity index (χ0n) is 16.8. The summed E-state index contributed by atoms with van der Waals surface area (Å²) in [5.74, 6) is -0.306. The lowest BCUT2D eigenvalue weighted by Crippen LogP contribution is -2.47. The molecule has 1 fully saturated rings. The number of likely N-dealkylation sites (N-methyl/N-ethyl adjacent to an activating group) is 1. The maximum absolute atomic E-state index is 13.0. The number of carbonyl (C=O) groups excluding carboxylic acids is 1. The van der Waals surface area contributed by atoms with Gasteiger partial charge in [-0.05, 0) is 57.1 Å². The van der Waals surface area contributed by atoms with E-state index in [9.17, 15) is 13.2 Å². The third-order valence-corrected chi connectivity index (χ3v) is 7.08. The molecule has 2 aromatic rings. The van der Waals surface area contributed by atoms with Gasteiger partial charge in [-0.15, -0.1) is 0 Å². The molecule has 0 bridgehead atoms. The van der Waals surface area contributed by atoms with Gasteiger partial charge in [0, 0.05) is 37.4 Å². The molecule has 6 nitrogen and oxygen atoms in total. The van der Waals surface area contributed by atoms with Crippen LogP contribution in [0.3, 0.4) is 0 Å². The number of hydrogen-bond donors (Lipinski definition) is 1. The van der Waals surface area contributed by atoms with Crippen molar-refractivity contribution in [1.29, 1.82) is 0 Å². The summed E-state index contributed by atoms with van der Waals surface area (Å²) < 4.78 is 27.5. The number of rotatable bonds is 4. The topological polar surface area (TPSA) is 69.7 Å². The van der Waals surface area contributed by atoms with E-state index in [1.165, 1.54) is 10.4 Å². The first-order valence-corrected chi connectivity index (χ1v) is 10.8. The van der Waals surface area contributed by atoms with Crippen molar-refractivity contribution in [3.8, 4) is 0 Å². The fourth-order valence-corrected chi connectivity index (χ4v) is 4.78. The molecule has 0 spiro atoms. The smallest absolute Gasteiger partial charge is 0.255 e. The van der Waals surface area contributed by atoms with Crippen molar-refractivity contribution in [1.82, 2.24) is 9.21 Å². The minimum atomic E-state index is -3.62. The van der Waals surface area contributed by atoms with Gasteiger partial charge < -0.3 is 10.2 Å². The van der Waals surface area contributed by atoms with Crippen LogP contribution in [0.2, 0.25) is 0 Å². The normalized spacial score (nSPS) is 16.1. The highest BCUT2D eigenvalue weighted by Gasteiger charge is 2.28. The number of aryl methyl sites for hydroxylation is 3. The van der Waals surface area contributed by atoms with Gasteiger partial charge in [-0.1, -0.05) is 23.8 Å². The highest BCUT2D eigenvalue weighted by Crippen LogP contribution is 2.23. The Labute approximate surface area is 167 Å². The summed E-state index contributed by atoms with van der Waals surface area (Å²) in [6.45, 7) is 8.05. The second kappa shape index (κ2) is 8.03. The molecule has 1 aliphatic rings. The van der Waals surface area contributed by atoms with Gasteiger partial charge >= 0.3 is 0 Å². The Morgan fingerprint density at radius 3 is 2.25 bits per heavy atom. The van der Waals surface area contributed by atoms with Crippen LogP contribution in [0.1, 0.15) is 27.0 Å².